The highest BCUT2D eigenvalue weighted by atomic mass is 16.5. The standard InChI is InChI=1S/C10H14O2/c1-4-10-9(11)5-8(6-12-10)7(2)3/h4-5,9-11H,1-2,6H2,3H3/t9-,10-/m1/s1. The van der Waals surface area contributed by atoms with Crippen LogP contribution >= 0.6 is 0 Å². The number of aliphatic hydroxyl groups excluding tert-OH is 1. The van der Waals surface area contributed by atoms with E-state index in [2.05, 4.69) is 13.2 Å². The molecule has 1 heterocycles. The largest absolute Gasteiger partial charge is 0.386 e. The zero-order valence-electron chi connectivity index (χ0n) is 7.29. The first-order valence-electron chi connectivity index (χ1n) is 3.94. The van der Waals surface area contributed by atoms with Crippen molar-refractivity contribution in [3.05, 3.63) is 36.5 Å². The lowest BCUT2D eigenvalue weighted by Crippen LogP contribution is -2.30. The molecule has 0 fully saturated rings. The summed E-state index contributed by atoms with van der Waals surface area (Å²) in [5, 5.41) is 9.47. The molecule has 0 amide bonds. The highest BCUT2D eigenvalue weighted by molar-refractivity contribution is 5.30. The summed E-state index contributed by atoms with van der Waals surface area (Å²) in [6.45, 7) is 9.76. The van der Waals surface area contributed by atoms with Gasteiger partial charge in [-0.15, -0.1) is 6.58 Å². The van der Waals surface area contributed by atoms with E-state index in [0.29, 0.717) is 6.61 Å². The third-order valence-corrected chi connectivity index (χ3v) is 1.92. The van der Waals surface area contributed by atoms with Gasteiger partial charge >= 0.3 is 0 Å². The summed E-state index contributed by atoms with van der Waals surface area (Å²) < 4.78 is 5.32. The van der Waals surface area contributed by atoms with Gasteiger partial charge in [-0.3, -0.25) is 0 Å². The van der Waals surface area contributed by atoms with E-state index in [4.69, 9.17) is 4.74 Å². The molecule has 1 rings (SSSR count). The van der Waals surface area contributed by atoms with Gasteiger partial charge < -0.3 is 9.84 Å². The van der Waals surface area contributed by atoms with Crippen molar-refractivity contribution in [1.82, 2.24) is 0 Å². The van der Waals surface area contributed by atoms with Crippen molar-refractivity contribution < 1.29 is 9.84 Å². The second-order valence-corrected chi connectivity index (χ2v) is 2.97. The first kappa shape index (κ1) is 9.23. The van der Waals surface area contributed by atoms with E-state index in [1.54, 1.807) is 12.2 Å². The van der Waals surface area contributed by atoms with E-state index in [1.807, 2.05) is 6.92 Å². The van der Waals surface area contributed by atoms with Gasteiger partial charge in [0, 0.05) is 0 Å². The van der Waals surface area contributed by atoms with E-state index < -0.39 is 6.10 Å². The van der Waals surface area contributed by atoms with Crippen LogP contribution < -0.4 is 0 Å². The average Bonchev–Trinajstić information content (AvgIpc) is 2.04. The lowest BCUT2D eigenvalue weighted by atomic mass is 10.0. The zero-order chi connectivity index (χ0) is 9.14. The van der Waals surface area contributed by atoms with Gasteiger partial charge in [0.1, 0.15) is 12.2 Å². The Bertz CT molecular complexity index is 228. The van der Waals surface area contributed by atoms with Crippen LogP contribution in [0.15, 0.2) is 36.5 Å². The molecule has 2 atom stereocenters. The third kappa shape index (κ3) is 1.84. The lowest BCUT2D eigenvalue weighted by molar-refractivity contribution is 0.0103. The van der Waals surface area contributed by atoms with Crippen LogP contribution in [0.25, 0.3) is 0 Å². The highest BCUT2D eigenvalue weighted by Crippen LogP contribution is 2.18. The van der Waals surface area contributed by atoms with Gasteiger partial charge in [0.05, 0.1) is 6.61 Å². The Balaban J connectivity index is 2.74. The Labute approximate surface area is 72.9 Å². The van der Waals surface area contributed by atoms with Crippen molar-refractivity contribution in [3.8, 4) is 0 Å². The van der Waals surface area contributed by atoms with Crippen molar-refractivity contribution in [2.45, 2.75) is 19.1 Å². The molecule has 66 valence electrons. The Morgan fingerprint density at radius 2 is 2.50 bits per heavy atom. The molecule has 2 heteroatoms. The molecule has 0 aromatic heterocycles. The normalized spacial score (nSPS) is 29.3. The molecular weight excluding hydrogens is 152 g/mol. The fraction of sp³-hybridized carbons (Fsp3) is 0.400. The van der Waals surface area contributed by atoms with Gasteiger partial charge in [0.25, 0.3) is 0 Å². The molecular formula is C10H14O2. The molecule has 1 aliphatic rings. The van der Waals surface area contributed by atoms with Crippen LogP contribution in [0.2, 0.25) is 0 Å². The third-order valence-electron chi connectivity index (χ3n) is 1.92. The summed E-state index contributed by atoms with van der Waals surface area (Å²) in [4.78, 5) is 0. The maximum atomic E-state index is 9.47. The number of aliphatic hydroxyl groups is 1. The Hall–Kier alpha value is -0.860. The Kier molecular flexibility index (Phi) is 2.84. The number of rotatable bonds is 2. The van der Waals surface area contributed by atoms with Crippen LogP contribution in [0.1, 0.15) is 6.92 Å². The van der Waals surface area contributed by atoms with E-state index in [0.717, 1.165) is 11.1 Å². The van der Waals surface area contributed by atoms with E-state index in [9.17, 15) is 5.11 Å². The monoisotopic (exact) mass is 166 g/mol. The minimum Gasteiger partial charge on any atom is -0.386 e. The fourth-order valence-corrected chi connectivity index (χ4v) is 1.11. The molecule has 0 bridgehead atoms. The molecule has 1 N–H and O–H groups in total. The number of hydrogen-bond acceptors (Lipinski definition) is 2. The molecule has 12 heavy (non-hydrogen) atoms. The minimum absolute atomic E-state index is 0.270. The summed E-state index contributed by atoms with van der Waals surface area (Å²) in [5.74, 6) is 0. The van der Waals surface area contributed by atoms with Crippen LogP contribution in [0.3, 0.4) is 0 Å². The van der Waals surface area contributed by atoms with E-state index in [-0.39, 0.29) is 6.10 Å². The molecule has 0 aromatic rings. The van der Waals surface area contributed by atoms with Crippen molar-refractivity contribution in [2.24, 2.45) is 0 Å². The first-order valence-corrected chi connectivity index (χ1v) is 3.94. The van der Waals surface area contributed by atoms with Crippen LogP contribution in [-0.2, 0) is 4.74 Å². The fourth-order valence-electron chi connectivity index (χ4n) is 1.11. The molecule has 2 nitrogen and oxygen atoms in total. The SMILES string of the molecule is C=C[C@H]1OCC(C(=C)C)=C[C@H]1O. The number of ether oxygens (including phenoxy) is 1. The first-order chi connectivity index (χ1) is 5.65. The molecule has 1 aliphatic heterocycles. The molecule has 0 radical (unpaired) electrons. The minimum atomic E-state index is -0.581. The van der Waals surface area contributed by atoms with E-state index in [1.165, 1.54) is 0 Å². The zero-order valence-corrected chi connectivity index (χ0v) is 7.29. The Morgan fingerprint density at radius 1 is 1.83 bits per heavy atom. The summed E-state index contributed by atoms with van der Waals surface area (Å²) in [7, 11) is 0. The van der Waals surface area contributed by atoms with Gasteiger partial charge in [-0.25, -0.2) is 0 Å². The summed E-state index contributed by atoms with van der Waals surface area (Å²) in [5.41, 5.74) is 1.91. The smallest absolute Gasteiger partial charge is 0.105 e. The van der Waals surface area contributed by atoms with Gasteiger partial charge in [-0.05, 0) is 18.6 Å². The van der Waals surface area contributed by atoms with Crippen molar-refractivity contribution in [1.29, 1.82) is 0 Å². The predicted molar refractivity (Wildman–Crippen MR) is 48.8 cm³/mol. The van der Waals surface area contributed by atoms with Gasteiger partial charge in [-0.1, -0.05) is 18.2 Å². The van der Waals surface area contributed by atoms with Crippen LogP contribution in [0.4, 0.5) is 0 Å². The molecule has 0 aliphatic carbocycles. The van der Waals surface area contributed by atoms with Crippen LogP contribution in [-0.4, -0.2) is 23.9 Å². The van der Waals surface area contributed by atoms with Crippen molar-refractivity contribution in [3.63, 3.8) is 0 Å². The van der Waals surface area contributed by atoms with Crippen LogP contribution in [0.5, 0.6) is 0 Å². The quantitative estimate of drug-likeness (QED) is 0.629. The lowest BCUT2D eigenvalue weighted by Gasteiger charge is -2.24. The predicted octanol–water partition coefficient (Wildman–Crippen LogP) is 1.43. The maximum Gasteiger partial charge on any atom is 0.105 e. The van der Waals surface area contributed by atoms with Gasteiger partial charge in [0.15, 0.2) is 0 Å². The summed E-state index contributed by atoms with van der Waals surface area (Å²) in [6, 6.07) is 0. The van der Waals surface area contributed by atoms with Gasteiger partial charge in [-0.2, -0.15) is 0 Å². The second-order valence-electron chi connectivity index (χ2n) is 2.97. The van der Waals surface area contributed by atoms with Crippen molar-refractivity contribution in [2.75, 3.05) is 6.61 Å². The second kappa shape index (κ2) is 3.70. The summed E-state index contributed by atoms with van der Waals surface area (Å²) in [6.07, 6.45) is 2.53. The highest BCUT2D eigenvalue weighted by Gasteiger charge is 2.20. The van der Waals surface area contributed by atoms with Gasteiger partial charge in [0.2, 0.25) is 0 Å². The molecule has 0 unspecified atom stereocenters. The molecule has 0 aromatic carbocycles. The summed E-state index contributed by atoms with van der Waals surface area (Å²) >= 11 is 0. The molecule has 0 saturated carbocycles. The maximum absolute atomic E-state index is 9.47. The molecule has 0 spiro atoms. The molecule has 0 saturated heterocycles. The van der Waals surface area contributed by atoms with Crippen LogP contribution in [0, 0.1) is 0 Å². The van der Waals surface area contributed by atoms with E-state index >= 15 is 0 Å². The topological polar surface area (TPSA) is 29.5 Å². The Morgan fingerprint density at radius 3 is 2.92 bits per heavy atom. The van der Waals surface area contributed by atoms with Crippen molar-refractivity contribution >= 4 is 0 Å². The number of hydrogen-bond donors (Lipinski definition) is 1. The average molecular weight is 166 g/mol.